The fraction of sp³-hybridized carbons (Fsp3) is 0.167. The van der Waals surface area contributed by atoms with Crippen LogP contribution in [0.5, 0.6) is 0 Å². The van der Waals surface area contributed by atoms with E-state index in [1.807, 2.05) is 0 Å². The normalized spacial score (nSPS) is 12.4. The van der Waals surface area contributed by atoms with Crippen LogP contribution in [0, 0.1) is 0 Å². The Morgan fingerprint density at radius 1 is 1.24 bits per heavy atom. The lowest BCUT2D eigenvalue weighted by molar-refractivity contribution is -0.137. The topological polar surface area (TPSA) is 79.9 Å². The average Bonchev–Trinajstić information content (AvgIpc) is 2.89. The average molecular weight is 318 g/mol. The number of rotatable bonds is 3. The Labute approximate surface area is 117 Å². The highest BCUT2D eigenvalue weighted by atomic mass is 32.2. The minimum absolute atomic E-state index is 0.0142. The molecule has 0 radical (unpaired) electrons. The summed E-state index contributed by atoms with van der Waals surface area (Å²) in [6, 6.07) is 3.27. The third-order valence-electron chi connectivity index (χ3n) is 2.70. The summed E-state index contributed by atoms with van der Waals surface area (Å²) in [6.07, 6.45) is -2.68. The smallest absolute Gasteiger partial charge is 0.287 e. The van der Waals surface area contributed by atoms with Crippen LogP contribution in [0.1, 0.15) is 21.6 Å². The van der Waals surface area contributed by atoms with Gasteiger partial charge in [0, 0.05) is 18.0 Å². The summed E-state index contributed by atoms with van der Waals surface area (Å²) in [7, 11) is -4.01. The van der Waals surface area contributed by atoms with E-state index in [0.717, 1.165) is 12.3 Å². The number of carbonyl (C=O) groups excluding carboxylic acids is 1. The maximum atomic E-state index is 12.7. The van der Waals surface area contributed by atoms with Crippen molar-refractivity contribution in [3.05, 3.63) is 47.3 Å². The number of hydrogen-bond acceptors (Lipinski definition) is 4. The van der Waals surface area contributed by atoms with Crippen molar-refractivity contribution in [3.8, 4) is 0 Å². The first-order valence-corrected chi connectivity index (χ1v) is 7.45. The van der Waals surface area contributed by atoms with Crippen molar-refractivity contribution in [3.63, 3.8) is 0 Å². The molecular weight excluding hydrogens is 309 g/mol. The number of benzene rings is 1. The number of H-pyrrole nitrogens is 1. The van der Waals surface area contributed by atoms with Crippen molar-refractivity contribution in [2.45, 2.75) is 11.1 Å². The summed E-state index contributed by atoms with van der Waals surface area (Å²) in [5.74, 6) is -0.748. The van der Waals surface area contributed by atoms with Crippen molar-refractivity contribution in [2.75, 3.05) is 6.26 Å². The molecule has 0 saturated carbocycles. The highest BCUT2D eigenvalue weighted by molar-refractivity contribution is 7.90. The van der Waals surface area contributed by atoms with Crippen LogP contribution in [0.25, 0.3) is 0 Å². The molecule has 0 bridgehead atoms. The fourth-order valence-corrected chi connectivity index (χ4v) is 2.62. The molecule has 0 unspecified atom stereocenters. The molecule has 9 heteroatoms. The van der Waals surface area contributed by atoms with Crippen molar-refractivity contribution in [1.82, 2.24) is 10.2 Å². The second-order valence-corrected chi connectivity index (χ2v) is 6.26. The maximum Gasteiger partial charge on any atom is 0.416 e. The summed E-state index contributed by atoms with van der Waals surface area (Å²) in [6.45, 7) is 0. The van der Waals surface area contributed by atoms with Gasteiger partial charge in [-0.3, -0.25) is 9.89 Å². The van der Waals surface area contributed by atoms with Gasteiger partial charge in [-0.1, -0.05) is 0 Å². The van der Waals surface area contributed by atoms with E-state index in [2.05, 4.69) is 10.2 Å². The van der Waals surface area contributed by atoms with E-state index >= 15 is 0 Å². The van der Waals surface area contributed by atoms with Gasteiger partial charge in [0.2, 0.25) is 5.78 Å². The molecule has 0 saturated heterocycles. The Morgan fingerprint density at radius 2 is 1.90 bits per heavy atom. The van der Waals surface area contributed by atoms with Crippen molar-refractivity contribution < 1.29 is 26.4 Å². The van der Waals surface area contributed by atoms with Gasteiger partial charge in [-0.2, -0.15) is 18.3 Å². The molecule has 0 amide bonds. The van der Waals surface area contributed by atoms with Crippen LogP contribution in [0.15, 0.2) is 35.4 Å². The number of alkyl halides is 3. The minimum Gasteiger partial charge on any atom is -0.287 e. The Bertz CT molecular complexity index is 781. The van der Waals surface area contributed by atoms with Crippen LogP contribution in [0.3, 0.4) is 0 Å². The number of carbonyl (C=O) groups is 1. The zero-order valence-corrected chi connectivity index (χ0v) is 11.4. The van der Waals surface area contributed by atoms with Gasteiger partial charge in [0.1, 0.15) is 5.69 Å². The molecule has 0 aliphatic rings. The number of ketones is 1. The molecule has 21 heavy (non-hydrogen) atoms. The van der Waals surface area contributed by atoms with E-state index in [0.29, 0.717) is 12.1 Å². The van der Waals surface area contributed by atoms with E-state index in [1.54, 1.807) is 0 Å². The first-order valence-electron chi connectivity index (χ1n) is 5.56. The largest absolute Gasteiger partial charge is 0.416 e. The molecule has 0 aliphatic heterocycles. The van der Waals surface area contributed by atoms with E-state index in [9.17, 15) is 26.4 Å². The van der Waals surface area contributed by atoms with E-state index in [-0.39, 0.29) is 11.3 Å². The molecule has 112 valence electrons. The monoisotopic (exact) mass is 318 g/mol. The lowest BCUT2D eigenvalue weighted by Crippen LogP contribution is -2.13. The maximum absolute atomic E-state index is 12.7. The van der Waals surface area contributed by atoms with Crippen molar-refractivity contribution in [2.24, 2.45) is 0 Å². The van der Waals surface area contributed by atoms with Crippen molar-refractivity contribution >= 4 is 15.6 Å². The van der Waals surface area contributed by atoms with Crippen LogP contribution in [0.4, 0.5) is 13.2 Å². The summed E-state index contributed by atoms with van der Waals surface area (Å²) >= 11 is 0. The summed E-state index contributed by atoms with van der Waals surface area (Å²) in [4.78, 5) is 11.4. The SMILES string of the molecule is CS(=O)(=O)c1cc(C(F)(F)F)ccc1C(=O)c1ccn[nH]1. The molecule has 1 N–H and O–H groups in total. The van der Waals surface area contributed by atoms with Crippen LogP contribution in [-0.2, 0) is 16.0 Å². The highest BCUT2D eigenvalue weighted by Gasteiger charge is 2.33. The number of nitrogens with one attached hydrogen (secondary N) is 1. The molecule has 0 fully saturated rings. The fourth-order valence-electron chi connectivity index (χ4n) is 1.72. The summed E-state index contributed by atoms with van der Waals surface area (Å²) in [5.41, 5.74) is -1.49. The number of aromatic nitrogens is 2. The van der Waals surface area contributed by atoms with E-state index < -0.39 is 32.3 Å². The Kier molecular flexibility index (Phi) is 3.62. The van der Waals surface area contributed by atoms with Gasteiger partial charge < -0.3 is 0 Å². The van der Waals surface area contributed by atoms with Gasteiger partial charge in [0.25, 0.3) is 0 Å². The lowest BCUT2D eigenvalue weighted by atomic mass is 10.1. The van der Waals surface area contributed by atoms with Crippen molar-refractivity contribution in [1.29, 1.82) is 0 Å². The molecule has 2 aromatic rings. The minimum atomic E-state index is -4.70. The highest BCUT2D eigenvalue weighted by Crippen LogP contribution is 2.32. The molecule has 0 aliphatic carbocycles. The number of aromatic amines is 1. The molecule has 2 rings (SSSR count). The van der Waals surface area contributed by atoms with E-state index in [1.165, 1.54) is 12.3 Å². The van der Waals surface area contributed by atoms with Crippen LogP contribution in [-0.4, -0.2) is 30.7 Å². The predicted octanol–water partition coefficient (Wildman–Crippen LogP) is 2.06. The van der Waals surface area contributed by atoms with Gasteiger partial charge in [-0.15, -0.1) is 0 Å². The quantitative estimate of drug-likeness (QED) is 0.879. The number of hydrogen-bond donors (Lipinski definition) is 1. The first-order chi connectivity index (χ1) is 9.60. The zero-order valence-electron chi connectivity index (χ0n) is 10.6. The third-order valence-corrected chi connectivity index (χ3v) is 3.84. The molecule has 0 atom stereocenters. The van der Waals surface area contributed by atoms with Crippen LogP contribution in [0.2, 0.25) is 0 Å². The Balaban J connectivity index is 2.65. The van der Waals surface area contributed by atoms with Crippen LogP contribution < -0.4 is 0 Å². The molecule has 1 aromatic heterocycles. The van der Waals surface area contributed by atoms with Gasteiger partial charge in [0.05, 0.1) is 10.5 Å². The van der Waals surface area contributed by atoms with Gasteiger partial charge in [0.15, 0.2) is 9.84 Å². The second-order valence-electron chi connectivity index (χ2n) is 4.28. The molecule has 1 aromatic carbocycles. The second kappa shape index (κ2) is 4.99. The molecule has 0 spiro atoms. The van der Waals surface area contributed by atoms with Crippen LogP contribution >= 0.6 is 0 Å². The summed E-state index contributed by atoms with van der Waals surface area (Å²) in [5, 5.41) is 5.88. The van der Waals surface area contributed by atoms with Gasteiger partial charge in [-0.25, -0.2) is 8.42 Å². The molecule has 1 heterocycles. The summed E-state index contributed by atoms with van der Waals surface area (Å²) < 4.78 is 61.3. The standard InChI is InChI=1S/C12H9F3N2O3S/c1-21(19,20)10-6-7(12(13,14)15)2-3-8(10)11(18)9-4-5-16-17-9/h2-6H,1H3,(H,16,17). The van der Waals surface area contributed by atoms with Gasteiger partial charge >= 0.3 is 6.18 Å². The first kappa shape index (κ1) is 15.2. The molecule has 5 nitrogen and oxygen atoms in total. The molecular formula is C12H9F3N2O3S. The number of sulfone groups is 1. The van der Waals surface area contributed by atoms with E-state index in [4.69, 9.17) is 0 Å². The predicted molar refractivity (Wildman–Crippen MR) is 66.6 cm³/mol. The Hall–Kier alpha value is -2.16. The zero-order chi connectivity index (χ0) is 15.8. The number of nitrogens with zero attached hydrogens (tertiary/aromatic N) is 1. The third kappa shape index (κ3) is 3.13. The number of halogens is 3. The van der Waals surface area contributed by atoms with Gasteiger partial charge in [-0.05, 0) is 24.3 Å². The lowest BCUT2D eigenvalue weighted by Gasteiger charge is -2.11. The Morgan fingerprint density at radius 3 is 2.38 bits per heavy atom.